The zero-order chi connectivity index (χ0) is 12.3. The lowest BCUT2D eigenvalue weighted by atomic mass is 10.1. The van der Waals surface area contributed by atoms with Crippen LogP contribution in [-0.2, 0) is 9.53 Å². The highest BCUT2D eigenvalue weighted by atomic mass is 19.1. The Kier molecular flexibility index (Phi) is 3.92. The molecule has 0 fully saturated rings. The maximum Gasteiger partial charge on any atom is 0.337 e. The number of aryl methyl sites for hydroxylation is 1. The molecule has 2 unspecified atom stereocenters. The number of halogens is 1. The lowest BCUT2D eigenvalue weighted by Crippen LogP contribution is -2.29. The molecule has 2 atom stereocenters. The molecule has 0 bridgehead atoms. The molecule has 0 aromatic carbocycles. The highest BCUT2D eigenvalue weighted by Gasteiger charge is 2.27. The maximum absolute atomic E-state index is 12.9. The summed E-state index contributed by atoms with van der Waals surface area (Å²) >= 11 is 0. The first-order chi connectivity index (χ1) is 7.47. The largest absolute Gasteiger partial charge is 0.467 e. The number of ether oxygens (including phenoxy) is 1. The molecule has 88 valence electrons. The topological polar surface area (TPSA) is 79.7 Å². The first-order valence-electron chi connectivity index (χ1n) is 4.54. The number of rotatable bonds is 3. The van der Waals surface area contributed by atoms with E-state index in [4.69, 9.17) is 0 Å². The Morgan fingerprint density at radius 3 is 2.62 bits per heavy atom. The van der Waals surface area contributed by atoms with Crippen LogP contribution >= 0.6 is 0 Å². The molecule has 2 N–H and O–H groups in total. The van der Waals surface area contributed by atoms with Gasteiger partial charge in [-0.15, -0.1) is 0 Å². The van der Waals surface area contributed by atoms with Crippen molar-refractivity contribution in [2.45, 2.75) is 19.1 Å². The third-order valence-corrected chi connectivity index (χ3v) is 2.09. The minimum absolute atomic E-state index is 0.0109. The molecule has 0 aliphatic heterocycles. The second-order valence-electron chi connectivity index (χ2n) is 3.22. The first-order valence-corrected chi connectivity index (χ1v) is 4.54. The molecule has 0 aliphatic rings. The fourth-order valence-corrected chi connectivity index (χ4v) is 1.14. The fourth-order valence-electron chi connectivity index (χ4n) is 1.14. The Morgan fingerprint density at radius 2 is 2.12 bits per heavy atom. The Labute approximate surface area is 91.5 Å². The van der Waals surface area contributed by atoms with Crippen LogP contribution in [0.2, 0.25) is 0 Å². The van der Waals surface area contributed by atoms with Gasteiger partial charge in [0.2, 0.25) is 0 Å². The summed E-state index contributed by atoms with van der Waals surface area (Å²) in [6, 6.07) is 2.30. The molecule has 0 aliphatic carbocycles. The lowest BCUT2D eigenvalue weighted by molar-refractivity contribution is -0.157. The minimum atomic E-state index is -1.73. The molecule has 1 aromatic rings. The van der Waals surface area contributed by atoms with Crippen LogP contribution in [0.1, 0.15) is 17.5 Å². The summed E-state index contributed by atoms with van der Waals surface area (Å²) in [6.07, 6.45) is -3.27. The molecule has 6 heteroatoms. The number of pyridine rings is 1. The van der Waals surface area contributed by atoms with E-state index in [0.717, 1.165) is 13.2 Å². The van der Waals surface area contributed by atoms with Gasteiger partial charge >= 0.3 is 5.97 Å². The second-order valence-corrected chi connectivity index (χ2v) is 3.22. The van der Waals surface area contributed by atoms with Crippen molar-refractivity contribution in [2.24, 2.45) is 0 Å². The molecule has 0 amide bonds. The number of methoxy groups -OCH3 is 1. The molecule has 5 nitrogen and oxygen atoms in total. The number of nitrogens with zero attached hydrogens (tertiary/aromatic N) is 1. The molecule has 0 saturated heterocycles. The maximum atomic E-state index is 12.9. The normalized spacial score (nSPS) is 14.3. The second kappa shape index (κ2) is 5.00. The van der Waals surface area contributed by atoms with Crippen molar-refractivity contribution in [3.05, 3.63) is 29.3 Å². The van der Waals surface area contributed by atoms with Gasteiger partial charge in [-0.2, -0.15) is 0 Å². The van der Waals surface area contributed by atoms with E-state index in [1.54, 1.807) is 0 Å². The molecular formula is C10H12FNO4. The monoisotopic (exact) mass is 229 g/mol. The lowest BCUT2D eigenvalue weighted by Gasteiger charge is -2.15. The molecule has 0 saturated carbocycles. The summed E-state index contributed by atoms with van der Waals surface area (Å²) in [7, 11) is 1.08. The van der Waals surface area contributed by atoms with E-state index in [1.807, 2.05) is 0 Å². The van der Waals surface area contributed by atoms with Crippen molar-refractivity contribution in [1.29, 1.82) is 0 Å². The predicted molar refractivity (Wildman–Crippen MR) is 51.9 cm³/mol. The number of carbonyl (C=O) groups excluding carboxylic acids is 1. The average molecular weight is 229 g/mol. The molecular weight excluding hydrogens is 217 g/mol. The summed E-state index contributed by atoms with van der Waals surface area (Å²) in [5.41, 5.74) is 0.0883. The van der Waals surface area contributed by atoms with Gasteiger partial charge in [0.15, 0.2) is 6.10 Å². The summed E-state index contributed by atoms with van der Waals surface area (Å²) in [5.74, 6) is -1.50. The number of aliphatic hydroxyl groups is 2. The van der Waals surface area contributed by atoms with E-state index in [0.29, 0.717) is 0 Å². The van der Waals surface area contributed by atoms with E-state index in [-0.39, 0.29) is 11.4 Å². The van der Waals surface area contributed by atoms with Crippen molar-refractivity contribution in [2.75, 3.05) is 7.11 Å². The summed E-state index contributed by atoms with van der Waals surface area (Å²) in [4.78, 5) is 14.7. The molecule has 16 heavy (non-hydrogen) atoms. The van der Waals surface area contributed by atoms with Gasteiger partial charge in [-0.25, -0.2) is 9.18 Å². The predicted octanol–water partition coefficient (Wildman–Crippen LogP) is 0.0964. The van der Waals surface area contributed by atoms with Crippen LogP contribution in [0.25, 0.3) is 0 Å². The minimum Gasteiger partial charge on any atom is -0.467 e. The summed E-state index contributed by atoms with van der Waals surface area (Å²) in [6.45, 7) is 1.41. The van der Waals surface area contributed by atoms with Crippen LogP contribution in [0.4, 0.5) is 4.39 Å². The number of esters is 1. The van der Waals surface area contributed by atoms with Gasteiger partial charge in [0.05, 0.1) is 18.5 Å². The average Bonchev–Trinajstić information content (AvgIpc) is 2.29. The van der Waals surface area contributed by atoms with Gasteiger partial charge in [0, 0.05) is 0 Å². The Morgan fingerprint density at radius 1 is 1.50 bits per heavy atom. The zero-order valence-electron chi connectivity index (χ0n) is 8.85. The number of carbonyl (C=O) groups is 1. The first kappa shape index (κ1) is 12.5. The Bertz CT molecular complexity index is 396. The Balaban J connectivity index is 2.91. The number of aromatic nitrogens is 1. The van der Waals surface area contributed by atoms with Crippen molar-refractivity contribution >= 4 is 5.97 Å². The van der Waals surface area contributed by atoms with Crippen LogP contribution in [0, 0.1) is 12.7 Å². The molecule has 0 radical (unpaired) electrons. The van der Waals surface area contributed by atoms with Crippen LogP contribution in [0.15, 0.2) is 12.1 Å². The van der Waals surface area contributed by atoms with Crippen LogP contribution < -0.4 is 0 Å². The zero-order valence-corrected chi connectivity index (χ0v) is 8.85. The third kappa shape index (κ3) is 2.53. The fraction of sp³-hybridized carbons (Fsp3) is 0.400. The smallest absolute Gasteiger partial charge is 0.337 e. The number of hydrogen-bond donors (Lipinski definition) is 2. The van der Waals surface area contributed by atoms with E-state index in [2.05, 4.69) is 9.72 Å². The quantitative estimate of drug-likeness (QED) is 0.718. The van der Waals surface area contributed by atoms with Gasteiger partial charge in [0.1, 0.15) is 11.9 Å². The van der Waals surface area contributed by atoms with Crippen molar-refractivity contribution in [3.8, 4) is 0 Å². The van der Waals surface area contributed by atoms with Crippen molar-refractivity contribution < 1.29 is 24.1 Å². The van der Waals surface area contributed by atoms with E-state index < -0.39 is 24.0 Å². The van der Waals surface area contributed by atoms with Gasteiger partial charge < -0.3 is 14.9 Å². The molecule has 1 heterocycles. The van der Waals surface area contributed by atoms with E-state index in [1.165, 1.54) is 13.0 Å². The van der Waals surface area contributed by atoms with Crippen LogP contribution in [-0.4, -0.2) is 34.4 Å². The van der Waals surface area contributed by atoms with Gasteiger partial charge in [-0.05, 0) is 19.1 Å². The van der Waals surface area contributed by atoms with E-state index >= 15 is 0 Å². The van der Waals surface area contributed by atoms with Crippen molar-refractivity contribution in [3.63, 3.8) is 0 Å². The van der Waals surface area contributed by atoms with Crippen LogP contribution in [0.5, 0.6) is 0 Å². The highest BCUT2D eigenvalue weighted by molar-refractivity contribution is 5.75. The SMILES string of the molecule is COC(=O)C(O)C(O)c1ccc(F)c(C)n1. The van der Waals surface area contributed by atoms with Gasteiger partial charge in [0.25, 0.3) is 0 Å². The summed E-state index contributed by atoms with van der Waals surface area (Å²) in [5, 5.41) is 18.9. The molecule has 0 spiro atoms. The Hall–Kier alpha value is -1.53. The standard InChI is InChI=1S/C10H12FNO4/c1-5-6(11)3-4-7(12-5)8(13)9(14)10(15)16-2/h3-4,8-9,13-14H,1-2H3. The third-order valence-electron chi connectivity index (χ3n) is 2.09. The number of hydrogen-bond acceptors (Lipinski definition) is 5. The highest BCUT2D eigenvalue weighted by Crippen LogP contribution is 2.17. The van der Waals surface area contributed by atoms with Gasteiger partial charge in [-0.3, -0.25) is 4.98 Å². The number of aliphatic hydroxyl groups excluding tert-OH is 2. The van der Waals surface area contributed by atoms with E-state index in [9.17, 15) is 19.4 Å². The molecule has 1 aromatic heterocycles. The summed E-state index contributed by atoms with van der Waals surface area (Å²) < 4.78 is 17.1. The van der Waals surface area contributed by atoms with Crippen molar-refractivity contribution in [1.82, 2.24) is 4.98 Å². The van der Waals surface area contributed by atoms with Gasteiger partial charge in [-0.1, -0.05) is 0 Å². The molecule has 1 rings (SSSR count). The van der Waals surface area contributed by atoms with Crippen LogP contribution in [0.3, 0.4) is 0 Å².